The Hall–Kier alpha value is -0.630. The van der Waals surface area contributed by atoms with Crippen LogP contribution >= 0.6 is 0 Å². The van der Waals surface area contributed by atoms with E-state index in [4.69, 9.17) is 4.74 Å². The molecule has 1 fully saturated rings. The Bertz CT molecular complexity index is 202. The van der Waals surface area contributed by atoms with Gasteiger partial charge in [-0.05, 0) is 38.2 Å². The van der Waals surface area contributed by atoms with E-state index in [-0.39, 0.29) is 5.78 Å². The van der Waals surface area contributed by atoms with Gasteiger partial charge in [-0.15, -0.1) is 0 Å². The maximum absolute atomic E-state index is 11.3. The normalized spacial score (nSPS) is 26.6. The van der Waals surface area contributed by atoms with Crippen molar-refractivity contribution in [3.05, 3.63) is 12.2 Å². The van der Waals surface area contributed by atoms with E-state index in [1.54, 1.807) is 6.92 Å². The molecule has 1 rings (SSSR count). The summed E-state index contributed by atoms with van der Waals surface area (Å²) in [5.74, 6) is 0.751. The fraction of sp³-hybridized carbons (Fsp3) is 0.727. The average molecular weight is 182 g/mol. The smallest absolute Gasteiger partial charge is 0.158 e. The summed E-state index contributed by atoms with van der Waals surface area (Å²) in [5, 5.41) is 0. The van der Waals surface area contributed by atoms with Crippen molar-refractivity contribution < 1.29 is 9.53 Å². The minimum Gasteiger partial charge on any atom is -0.378 e. The number of hydrogen-bond acceptors (Lipinski definition) is 2. The Kier molecular flexibility index (Phi) is 3.67. The highest BCUT2D eigenvalue weighted by Gasteiger charge is 2.30. The van der Waals surface area contributed by atoms with E-state index in [0.717, 1.165) is 19.4 Å². The molecule has 13 heavy (non-hydrogen) atoms. The molecule has 2 heteroatoms. The third-order valence-corrected chi connectivity index (χ3v) is 2.54. The molecule has 0 heterocycles. The highest BCUT2D eigenvalue weighted by Crippen LogP contribution is 2.33. The molecule has 0 atom stereocenters. The van der Waals surface area contributed by atoms with Gasteiger partial charge in [0.05, 0.1) is 6.10 Å². The topological polar surface area (TPSA) is 26.3 Å². The summed E-state index contributed by atoms with van der Waals surface area (Å²) in [6.45, 7) is 8.21. The minimum absolute atomic E-state index is 0.208. The number of carbonyl (C=O) groups excluding carboxylic acids is 1. The van der Waals surface area contributed by atoms with Gasteiger partial charge in [-0.3, -0.25) is 4.79 Å². The first-order valence-corrected chi connectivity index (χ1v) is 4.93. The molecule has 0 aromatic heterocycles. The quantitative estimate of drug-likeness (QED) is 0.610. The molecule has 0 amide bonds. The van der Waals surface area contributed by atoms with Crippen LogP contribution in [0, 0.1) is 5.92 Å². The standard InChI is InChI=1S/C11H18O2/c1-4-13-10-5-9(6-10)7-11(12)8(2)3/h9-10H,2,4-7H2,1,3H3. The van der Waals surface area contributed by atoms with Crippen LogP contribution in [0.5, 0.6) is 0 Å². The predicted molar refractivity (Wildman–Crippen MR) is 52.6 cm³/mol. The Morgan fingerprint density at radius 3 is 2.62 bits per heavy atom. The van der Waals surface area contributed by atoms with Crippen molar-refractivity contribution in [3.63, 3.8) is 0 Å². The number of carbonyl (C=O) groups is 1. The lowest BCUT2D eigenvalue weighted by Crippen LogP contribution is -2.32. The fourth-order valence-corrected chi connectivity index (χ4v) is 1.65. The Morgan fingerprint density at radius 1 is 1.54 bits per heavy atom. The molecule has 0 aromatic carbocycles. The van der Waals surface area contributed by atoms with Crippen LogP contribution in [0.1, 0.15) is 33.1 Å². The molecular weight excluding hydrogens is 164 g/mol. The van der Waals surface area contributed by atoms with Crippen molar-refractivity contribution in [3.8, 4) is 0 Å². The fourth-order valence-electron chi connectivity index (χ4n) is 1.65. The Morgan fingerprint density at radius 2 is 2.15 bits per heavy atom. The van der Waals surface area contributed by atoms with Gasteiger partial charge in [0, 0.05) is 13.0 Å². The van der Waals surface area contributed by atoms with Crippen LogP contribution in [-0.2, 0) is 9.53 Å². The lowest BCUT2D eigenvalue weighted by Gasteiger charge is -2.34. The first-order valence-electron chi connectivity index (χ1n) is 4.93. The van der Waals surface area contributed by atoms with Crippen LogP contribution < -0.4 is 0 Å². The molecule has 0 aliphatic heterocycles. The van der Waals surface area contributed by atoms with Crippen LogP contribution in [0.15, 0.2) is 12.2 Å². The van der Waals surface area contributed by atoms with Crippen molar-refractivity contribution in [2.24, 2.45) is 5.92 Å². The van der Waals surface area contributed by atoms with Gasteiger partial charge in [0.15, 0.2) is 5.78 Å². The number of ether oxygens (including phenoxy) is 1. The van der Waals surface area contributed by atoms with E-state index in [0.29, 0.717) is 24.0 Å². The largest absolute Gasteiger partial charge is 0.378 e. The molecule has 74 valence electrons. The molecule has 0 radical (unpaired) electrons. The van der Waals surface area contributed by atoms with Gasteiger partial charge in [-0.1, -0.05) is 6.58 Å². The zero-order chi connectivity index (χ0) is 9.84. The number of hydrogen-bond donors (Lipinski definition) is 0. The van der Waals surface area contributed by atoms with Gasteiger partial charge < -0.3 is 4.74 Å². The van der Waals surface area contributed by atoms with Crippen LogP contribution in [-0.4, -0.2) is 18.5 Å². The van der Waals surface area contributed by atoms with Gasteiger partial charge in [-0.2, -0.15) is 0 Å². The summed E-state index contributed by atoms with van der Waals surface area (Å²) in [4.78, 5) is 11.3. The first-order chi connectivity index (χ1) is 6.13. The lowest BCUT2D eigenvalue weighted by molar-refractivity contribution is -0.118. The zero-order valence-electron chi connectivity index (χ0n) is 8.51. The van der Waals surface area contributed by atoms with E-state index in [1.807, 2.05) is 6.92 Å². The molecule has 1 saturated carbocycles. The van der Waals surface area contributed by atoms with E-state index < -0.39 is 0 Å². The Balaban J connectivity index is 2.14. The highest BCUT2D eigenvalue weighted by atomic mass is 16.5. The van der Waals surface area contributed by atoms with Crippen LogP contribution in [0.2, 0.25) is 0 Å². The second-order valence-electron chi connectivity index (χ2n) is 3.82. The molecule has 0 saturated heterocycles. The van der Waals surface area contributed by atoms with E-state index in [2.05, 4.69) is 6.58 Å². The lowest BCUT2D eigenvalue weighted by atomic mass is 9.78. The molecule has 0 aromatic rings. The van der Waals surface area contributed by atoms with E-state index >= 15 is 0 Å². The van der Waals surface area contributed by atoms with Crippen molar-refractivity contribution in [2.45, 2.75) is 39.2 Å². The van der Waals surface area contributed by atoms with Gasteiger partial charge in [0.2, 0.25) is 0 Å². The van der Waals surface area contributed by atoms with Gasteiger partial charge in [-0.25, -0.2) is 0 Å². The summed E-state index contributed by atoms with van der Waals surface area (Å²) < 4.78 is 5.42. The molecule has 0 N–H and O–H groups in total. The maximum Gasteiger partial charge on any atom is 0.158 e. The molecule has 1 aliphatic carbocycles. The average Bonchev–Trinajstić information content (AvgIpc) is 2.00. The third-order valence-electron chi connectivity index (χ3n) is 2.54. The molecule has 0 spiro atoms. The second-order valence-corrected chi connectivity index (χ2v) is 3.82. The maximum atomic E-state index is 11.3. The van der Waals surface area contributed by atoms with Crippen LogP contribution in [0.25, 0.3) is 0 Å². The monoisotopic (exact) mass is 182 g/mol. The molecule has 2 nitrogen and oxygen atoms in total. The molecule has 0 unspecified atom stereocenters. The summed E-state index contributed by atoms with van der Waals surface area (Å²) >= 11 is 0. The van der Waals surface area contributed by atoms with Crippen LogP contribution in [0.4, 0.5) is 0 Å². The van der Waals surface area contributed by atoms with Gasteiger partial charge in [0.25, 0.3) is 0 Å². The summed E-state index contributed by atoms with van der Waals surface area (Å²) in [6, 6.07) is 0. The number of allylic oxidation sites excluding steroid dienone is 1. The first kappa shape index (κ1) is 10.5. The number of ketones is 1. The summed E-state index contributed by atoms with van der Waals surface area (Å²) in [5.41, 5.74) is 0.680. The van der Waals surface area contributed by atoms with Crippen molar-refractivity contribution in [1.82, 2.24) is 0 Å². The van der Waals surface area contributed by atoms with Crippen molar-refractivity contribution in [2.75, 3.05) is 6.61 Å². The summed E-state index contributed by atoms with van der Waals surface area (Å²) in [6.07, 6.45) is 3.17. The number of Topliss-reactive ketones (excluding diaryl/α,β-unsaturated/α-hetero) is 1. The second kappa shape index (κ2) is 4.56. The SMILES string of the molecule is C=C(C)C(=O)CC1CC(OCC)C1. The summed E-state index contributed by atoms with van der Waals surface area (Å²) in [7, 11) is 0. The zero-order valence-corrected chi connectivity index (χ0v) is 8.51. The van der Waals surface area contributed by atoms with Crippen LogP contribution in [0.3, 0.4) is 0 Å². The molecule has 0 bridgehead atoms. The Labute approximate surface area is 80.0 Å². The minimum atomic E-state index is 0.208. The van der Waals surface area contributed by atoms with Crippen molar-refractivity contribution >= 4 is 5.78 Å². The molecular formula is C11H18O2. The predicted octanol–water partition coefficient (Wildman–Crippen LogP) is 2.34. The highest BCUT2D eigenvalue weighted by molar-refractivity contribution is 5.94. The van der Waals surface area contributed by atoms with E-state index in [1.165, 1.54) is 0 Å². The van der Waals surface area contributed by atoms with E-state index in [9.17, 15) is 4.79 Å². The van der Waals surface area contributed by atoms with Gasteiger partial charge in [0.1, 0.15) is 0 Å². The number of rotatable bonds is 5. The van der Waals surface area contributed by atoms with Crippen molar-refractivity contribution in [1.29, 1.82) is 0 Å². The third kappa shape index (κ3) is 2.96. The molecule has 1 aliphatic rings. The van der Waals surface area contributed by atoms with Gasteiger partial charge >= 0.3 is 0 Å².